The average Bonchev–Trinajstić information content (AvgIpc) is 3.08. The highest BCUT2D eigenvalue weighted by atomic mass is 19.1. The van der Waals surface area contributed by atoms with E-state index in [0.29, 0.717) is 5.95 Å². The van der Waals surface area contributed by atoms with E-state index in [-0.39, 0.29) is 5.82 Å². The van der Waals surface area contributed by atoms with E-state index in [0.717, 1.165) is 36.5 Å². The lowest BCUT2D eigenvalue weighted by Crippen LogP contribution is -2.19. The van der Waals surface area contributed by atoms with Gasteiger partial charge in [-0.1, -0.05) is 6.07 Å². The number of aromatic nitrogens is 2. The summed E-state index contributed by atoms with van der Waals surface area (Å²) in [5.74, 6) is 0.126. The van der Waals surface area contributed by atoms with Crippen molar-refractivity contribution < 1.29 is 4.39 Å². The number of aryl methyl sites for hydroxylation is 1. The number of imidazole rings is 1. The number of nitrogens with two attached hydrogens (primary N) is 1. The zero-order valence-electron chi connectivity index (χ0n) is 12.7. The second kappa shape index (κ2) is 6.27. The predicted octanol–water partition coefficient (Wildman–Crippen LogP) is 2.39. The van der Waals surface area contributed by atoms with E-state index in [4.69, 9.17) is 5.73 Å². The number of benzene rings is 1. The van der Waals surface area contributed by atoms with Crippen LogP contribution in [0.3, 0.4) is 0 Å². The molecule has 1 aromatic carbocycles. The lowest BCUT2D eigenvalue weighted by atomic mass is 10.1. The van der Waals surface area contributed by atoms with Crippen LogP contribution in [0.15, 0.2) is 29.5 Å². The normalized spacial score (nSPS) is 15.9. The van der Waals surface area contributed by atoms with Gasteiger partial charge in [-0.25, -0.2) is 14.1 Å². The molecule has 2 N–H and O–H groups in total. The second-order valence-corrected chi connectivity index (χ2v) is 5.66. The lowest BCUT2D eigenvalue weighted by molar-refractivity contribution is 0.330. The van der Waals surface area contributed by atoms with Crippen LogP contribution in [0, 0.1) is 12.7 Å². The molecule has 0 bridgehead atoms. The van der Waals surface area contributed by atoms with Crippen LogP contribution >= 0.6 is 0 Å². The van der Waals surface area contributed by atoms with Crippen molar-refractivity contribution in [1.29, 1.82) is 0 Å². The third-order valence-electron chi connectivity index (χ3n) is 3.85. The van der Waals surface area contributed by atoms with E-state index in [9.17, 15) is 4.39 Å². The second-order valence-electron chi connectivity index (χ2n) is 5.66. The maximum Gasteiger partial charge on any atom is 0.221 e. The van der Waals surface area contributed by atoms with Crippen LogP contribution in [0.5, 0.6) is 0 Å². The van der Waals surface area contributed by atoms with E-state index < -0.39 is 0 Å². The summed E-state index contributed by atoms with van der Waals surface area (Å²) in [5, 5.41) is 4.32. The molecular formula is C16H20FN5. The van der Waals surface area contributed by atoms with Crippen molar-refractivity contribution >= 4 is 12.2 Å². The number of anilines is 1. The fourth-order valence-corrected chi connectivity index (χ4v) is 2.74. The van der Waals surface area contributed by atoms with Crippen LogP contribution in [0.2, 0.25) is 0 Å². The molecule has 0 aliphatic carbocycles. The van der Waals surface area contributed by atoms with Gasteiger partial charge in [0.2, 0.25) is 5.95 Å². The first-order chi connectivity index (χ1) is 10.6. The van der Waals surface area contributed by atoms with Gasteiger partial charge in [0.25, 0.3) is 0 Å². The number of rotatable bonds is 4. The van der Waals surface area contributed by atoms with E-state index in [2.05, 4.69) is 15.0 Å². The number of hydrogen-bond acceptors (Lipinski definition) is 4. The van der Waals surface area contributed by atoms with Crippen molar-refractivity contribution in [3.05, 3.63) is 47.0 Å². The number of halogens is 1. The molecule has 2 heterocycles. The zero-order chi connectivity index (χ0) is 15.5. The fraction of sp³-hybridized carbons (Fsp3) is 0.375. The summed E-state index contributed by atoms with van der Waals surface area (Å²) in [6.45, 7) is 4.75. The number of hydrogen-bond donors (Lipinski definition) is 1. The van der Waals surface area contributed by atoms with Gasteiger partial charge in [-0.3, -0.25) is 4.90 Å². The van der Waals surface area contributed by atoms with E-state index in [1.807, 2.05) is 6.92 Å². The summed E-state index contributed by atoms with van der Waals surface area (Å²) >= 11 is 0. The van der Waals surface area contributed by atoms with Crippen LogP contribution in [0.1, 0.15) is 29.7 Å². The van der Waals surface area contributed by atoms with E-state index in [1.54, 1.807) is 24.5 Å². The Balaban J connectivity index is 1.84. The Morgan fingerprint density at radius 2 is 2.14 bits per heavy atom. The first-order valence-corrected chi connectivity index (χ1v) is 7.48. The molecule has 0 atom stereocenters. The van der Waals surface area contributed by atoms with Gasteiger partial charge in [0.1, 0.15) is 5.82 Å². The fourth-order valence-electron chi connectivity index (χ4n) is 2.74. The van der Waals surface area contributed by atoms with Crippen LogP contribution in [0.25, 0.3) is 0 Å². The summed E-state index contributed by atoms with van der Waals surface area (Å²) in [7, 11) is 0. The third-order valence-corrected chi connectivity index (χ3v) is 3.85. The highest BCUT2D eigenvalue weighted by Crippen LogP contribution is 2.17. The molecule has 0 radical (unpaired) electrons. The topological polar surface area (TPSA) is 59.4 Å². The Morgan fingerprint density at radius 1 is 1.36 bits per heavy atom. The minimum absolute atomic E-state index is 0.218. The van der Waals surface area contributed by atoms with Gasteiger partial charge in [-0.15, -0.1) is 0 Å². The predicted molar refractivity (Wildman–Crippen MR) is 85.3 cm³/mol. The van der Waals surface area contributed by atoms with Gasteiger partial charge in [0.15, 0.2) is 0 Å². The van der Waals surface area contributed by atoms with Crippen LogP contribution in [-0.2, 0) is 6.54 Å². The molecule has 0 unspecified atom stereocenters. The SMILES string of the molecule is Cc1cn(N=Cc2ccc(F)cc2CN2CCCC2)c(N)n1. The highest BCUT2D eigenvalue weighted by Gasteiger charge is 2.14. The number of nitrogen functional groups attached to an aromatic ring is 1. The molecular weight excluding hydrogens is 281 g/mol. The molecule has 5 nitrogen and oxygen atoms in total. The van der Waals surface area contributed by atoms with E-state index >= 15 is 0 Å². The molecule has 3 rings (SSSR count). The van der Waals surface area contributed by atoms with E-state index in [1.165, 1.54) is 23.6 Å². The summed E-state index contributed by atoms with van der Waals surface area (Å²) < 4.78 is 15.1. The van der Waals surface area contributed by atoms with Crippen molar-refractivity contribution in [2.75, 3.05) is 18.8 Å². The Bertz CT molecular complexity index is 686. The standard InChI is InChI=1S/C16H20FN5/c1-12-10-22(16(18)20-12)19-9-13-4-5-15(17)8-14(13)11-21-6-2-3-7-21/h4-5,8-10H,2-3,6-7,11H2,1H3,(H2,18,20). The summed E-state index contributed by atoms with van der Waals surface area (Å²) in [6.07, 6.45) is 5.89. The molecule has 1 fully saturated rings. The molecule has 1 aromatic heterocycles. The average molecular weight is 301 g/mol. The van der Waals surface area contributed by atoms with Gasteiger partial charge in [-0.05, 0) is 56.1 Å². The van der Waals surface area contributed by atoms with Crippen molar-refractivity contribution in [3.63, 3.8) is 0 Å². The smallest absolute Gasteiger partial charge is 0.221 e. The van der Waals surface area contributed by atoms with Crippen molar-refractivity contribution in [1.82, 2.24) is 14.6 Å². The molecule has 1 saturated heterocycles. The van der Waals surface area contributed by atoms with Gasteiger partial charge in [0, 0.05) is 6.54 Å². The summed E-state index contributed by atoms with van der Waals surface area (Å²) in [5.41, 5.74) is 8.43. The van der Waals surface area contributed by atoms with Crippen LogP contribution < -0.4 is 5.73 Å². The molecule has 22 heavy (non-hydrogen) atoms. The summed E-state index contributed by atoms with van der Waals surface area (Å²) in [4.78, 5) is 6.44. The molecule has 0 spiro atoms. The number of likely N-dealkylation sites (tertiary alicyclic amines) is 1. The largest absolute Gasteiger partial charge is 0.368 e. The van der Waals surface area contributed by atoms with Gasteiger partial charge in [-0.2, -0.15) is 5.10 Å². The minimum atomic E-state index is -0.218. The first kappa shape index (κ1) is 14.7. The third kappa shape index (κ3) is 3.33. The van der Waals surface area contributed by atoms with Crippen molar-refractivity contribution in [3.8, 4) is 0 Å². The van der Waals surface area contributed by atoms with Crippen molar-refractivity contribution in [2.45, 2.75) is 26.3 Å². The Morgan fingerprint density at radius 3 is 2.82 bits per heavy atom. The highest BCUT2D eigenvalue weighted by molar-refractivity contribution is 5.81. The van der Waals surface area contributed by atoms with Crippen molar-refractivity contribution in [2.24, 2.45) is 5.10 Å². The number of nitrogens with zero attached hydrogens (tertiary/aromatic N) is 4. The lowest BCUT2D eigenvalue weighted by Gasteiger charge is -2.16. The molecule has 0 amide bonds. The maximum absolute atomic E-state index is 13.6. The van der Waals surface area contributed by atoms with Gasteiger partial charge in [0.05, 0.1) is 18.1 Å². The Labute approximate surface area is 129 Å². The molecule has 116 valence electrons. The Kier molecular flexibility index (Phi) is 4.20. The van der Waals surface area contributed by atoms with Crippen LogP contribution in [0.4, 0.5) is 10.3 Å². The molecule has 2 aromatic rings. The molecule has 6 heteroatoms. The zero-order valence-corrected chi connectivity index (χ0v) is 12.7. The first-order valence-electron chi connectivity index (χ1n) is 7.48. The quantitative estimate of drug-likeness (QED) is 0.882. The maximum atomic E-state index is 13.6. The van der Waals surface area contributed by atoms with Crippen LogP contribution in [-0.4, -0.2) is 33.9 Å². The monoisotopic (exact) mass is 301 g/mol. The summed E-state index contributed by atoms with van der Waals surface area (Å²) in [6, 6.07) is 4.80. The Hall–Kier alpha value is -2.21. The van der Waals surface area contributed by atoms with Gasteiger partial charge < -0.3 is 5.73 Å². The minimum Gasteiger partial charge on any atom is -0.368 e. The molecule has 1 aliphatic rings. The molecule has 0 saturated carbocycles. The van der Waals surface area contributed by atoms with Gasteiger partial charge >= 0.3 is 0 Å². The molecule has 1 aliphatic heterocycles.